The largest absolute Gasteiger partial charge is 0.433 e. The van der Waals surface area contributed by atoms with E-state index >= 15 is 0 Å². The minimum Gasteiger partial charge on any atom is -0.395 e. The molecule has 0 aromatic carbocycles. The SMILES string of the molecule is CN(C)C(=O)c1ccc([N+](=O)[O-])o1. The van der Waals surface area contributed by atoms with E-state index in [1.807, 2.05) is 0 Å². The summed E-state index contributed by atoms with van der Waals surface area (Å²) in [4.78, 5) is 22.0. The van der Waals surface area contributed by atoms with Crippen LogP contribution in [0.15, 0.2) is 16.5 Å². The van der Waals surface area contributed by atoms with Crippen molar-refractivity contribution in [3.05, 3.63) is 28.0 Å². The zero-order valence-electron chi connectivity index (χ0n) is 7.18. The number of rotatable bonds is 2. The van der Waals surface area contributed by atoms with Crippen LogP contribution in [0, 0.1) is 10.1 Å². The van der Waals surface area contributed by atoms with E-state index < -0.39 is 16.7 Å². The minimum atomic E-state index is -0.688. The molecule has 0 atom stereocenters. The topological polar surface area (TPSA) is 76.6 Å². The standard InChI is InChI=1S/C7H8N2O4/c1-8(2)7(10)5-3-4-6(13-5)9(11)12/h3-4H,1-2H3. The minimum absolute atomic E-state index is 0.0308. The molecule has 1 amide bonds. The Morgan fingerprint density at radius 1 is 1.54 bits per heavy atom. The van der Waals surface area contributed by atoms with Crippen molar-refractivity contribution in [3.63, 3.8) is 0 Å². The van der Waals surface area contributed by atoms with Gasteiger partial charge >= 0.3 is 5.88 Å². The second-order valence-corrected chi connectivity index (χ2v) is 2.59. The van der Waals surface area contributed by atoms with E-state index in [0.29, 0.717) is 0 Å². The van der Waals surface area contributed by atoms with Gasteiger partial charge in [0.25, 0.3) is 5.91 Å². The van der Waals surface area contributed by atoms with Crippen LogP contribution in [0.5, 0.6) is 0 Å². The number of hydrogen-bond donors (Lipinski definition) is 0. The maximum atomic E-state index is 11.2. The lowest BCUT2D eigenvalue weighted by Crippen LogP contribution is -2.20. The third kappa shape index (κ3) is 1.84. The maximum absolute atomic E-state index is 11.2. The average Bonchev–Trinajstić information content (AvgIpc) is 2.50. The molecule has 13 heavy (non-hydrogen) atoms. The Labute approximate surface area is 73.9 Å². The van der Waals surface area contributed by atoms with E-state index in [0.717, 1.165) is 6.07 Å². The molecule has 1 aromatic rings. The van der Waals surface area contributed by atoms with Gasteiger partial charge in [-0.25, -0.2) is 0 Å². The van der Waals surface area contributed by atoms with Gasteiger partial charge in [-0.15, -0.1) is 0 Å². The molecule has 0 saturated heterocycles. The molecular weight excluding hydrogens is 176 g/mol. The summed E-state index contributed by atoms with van der Waals surface area (Å²) in [6.07, 6.45) is 0. The van der Waals surface area contributed by atoms with Crippen LogP contribution in [0.4, 0.5) is 5.88 Å². The lowest BCUT2D eigenvalue weighted by atomic mass is 10.4. The fourth-order valence-corrected chi connectivity index (χ4v) is 0.761. The van der Waals surface area contributed by atoms with Crippen molar-refractivity contribution in [2.45, 2.75) is 0 Å². The third-order valence-corrected chi connectivity index (χ3v) is 1.39. The molecule has 6 heteroatoms. The van der Waals surface area contributed by atoms with Gasteiger partial charge in [-0.1, -0.05) is 0 Å². The molecule has 0 spiro atoms. The van der Waals surface area contributed by atoms with Crippen LogP contribution in [-0.2, 0) is 0 Å². The van der Waals surface area contributed by atoms with Crippen LogP contribution in [0.3, 0.4) is 0 Å². The number of furan rings is 1. The monoisotopic (exact) mass is 184 g/mol. The maximum Gasteiger partial charge on any atom is 0.433 e. The van der Waals surface area contributed by atoms with Crippen LogP contribution in [-0.4, -0.2) is 29.8 Å². The molecule has 0 saturated carbocycles. The van der Waals surface area contributed by atoms with Crippen LogP contribution in [0.1, 0.15) is 10.6 Å². The summed E-state index contributed by atoms with van der Waals surface area (Å²) in [6, 6.07) is 2.43. The van der Waals surface area contributed by atoms with E-state index in [-0.39, 0.29) is 5.76 Å². The normalized spacial score (nSPS) is 9.69. The van der Waals surface area contributed by atoms with Crippen LogP contribution >= 0.6 is 0 Å². The quantitative estimate of drug-likeness (QED) is 0.505. The van der Waals surface area contributed by atoms with Gasteiger partial charge < -0.3 is 9.32 Å². The highest BCUT2D eigenvalue weighted by molar-refractivity contribution is 5.91. The number of carbonyl (C=O) groups excluding carboxylic acids is 1. The van der Waals surface area contributed by atoms with Gasteiger partial charge in [-0.2, -0.15) is 0 Å². The van der Waals surface area contributed by atoms with Crippen molar-refractivity contribution >= 4 is 11.8 Å². The molecule has 0 aliphatic rings. The Morgan fingerprint density at radius 2 is 2.15 bits per heavy atom. The Balaban J connectivity index is 2.92. The first kappa shape index (κ1) is 9.24. The Bertz CT molecular complexity index is 342. The fraction of sp³-hybridized carbons (Fsp3) is 0.286. The second-order valence-electron chi connectivity index (χ2n) is 2.59. The summed E-state index contributed by atoms with van der Waals surface area (Å²) in [5.41, 5.74) is 0. The first-order valence-corrected chi connectivity index (χ1v) is 3.48. The highest BCUT2D eigenvalue weighted by Crippen LogP contribution is 2.16. The number of carbonyl (C=O) groups is 1. The first-order chi connectivity index (χ1) is 6.02. The van der Waals surface area contributed by atoms with E-state index in [1.54, 1.807) is 0 Å². The predicted octanol–water partition coefficient (Wildman–Crippen LogP) is 0.890. The van der Waals surface area contributed by atoms with E-state index in [2.05, 4.69) is 4.42 Å². The summed E-state index contributed by atoms with van der Waals surface area (Å²) >= 11 is 0. The smallest absolute Gasteiger partial charge is 0.395 e. The highest BCUT2D eigenvalue weighted by Gasteiger charge is 2.17. The van der Waals surface area contributed by atoms with Gasteiger partial charge in [0.2, 0.25) is 0 Å². The molecular formula is C7H8N2O4. The molecule has 0 fully saturated rings. The van der Waals surface area contributed by atoms with Gasteiger partial charge in [0.05, 0.1) is 6.07 Å². The van der Waals surface area contributed by atoms with Crippen LogP contribution in [0.25, 0.3) is 0 Å². The molecule has 0 aliphatic heterocycles. The van der Waals surface area contributed by atoms with E-state index in [4.69, 9.17) is 0 Å². The molecule has 0 unspecified atom stereocenters. The molecule has 0 N–H and O–H groups in total. The number of nitro groups is 1. The van der Waals surface area contributed by atoms with Gasteiger partial charge in [0, 0.05) is 14.1 Å². The first-order valence-electron chi connectivity index (χ1n) is 3.48. The van der Waals surface area contributed by atoms with Gasteiger partial charge in [-0.05, 0) is 6.07 Å². The predicted molar refractivity (Wildman–Crippen MR) is 43.4 cm³/mol. The van der Waals surface area contributed by atoms with Crippen molar-refractivity contribution < 1.29 is 14.1 Å². The molecule has 6 nitrogen and oxygen atoms in total. The summed E-state index contributed by atoms with van der Waals surface area (Å²) in [5, 5.41) is 10.2. The highest BCUT2D eigenvalue weighted by atomic mass is 16.6. The van der Waals surface area contributed by atoms with E-state index in [9.17, 15) is 14.9 Å². The summed E-state index contributed by atoms with van der Waals surface area (Å²) < 4.78 is 4.68. The number of nitrogens with zero attached hydrogens (tertiary/aromatic N) is 2. The third-order valence-electron chi connectivity index (χ3n) is 1.39. The van der Waals surface area contributed by atoms with E-state index in [1.165, 1.54) is 25.1 Å². The summed E-state index contributed by atoms with van der Waals surface area (Å²) in [6.45, 7) is 0. The van der Waals surface area contributed by atoms with Crippen molar-refractivity contribution in [1.82, 2.24) is 4.90 Å². The molecule has 1 heterocycles. The Morgan fingerprint density at radius 3 is 2.54 bits per heavy atom. The van der Waals surface area contributed by atoms with Crippen molar-refractivity contribution in [2.24, 2.45) is 0 Å². The number of amides is 1. The average molecular weight is 184 g/mol. The second kappa shape index (κ2) is 3.26. The van der Waals surface area contributed by atoms with Gasteiger partial charge in [0.15, 0.2) is 5.76 Å². The zero-order chi connectivity index (χ0) is 10.0. The summed E-state index contributed by atoms with van der Waals surface area (Å²) in [5.74, 6) is -0.852. The molecule has 0 radical (unpaired) electrons. The lowest BCUT2D eigenvalue weighted by molar-refractivity contribution is -0.402. The van der Waals surface area contributed by atoms with Crippen LogP contribution < -0.4 is 0 Å². The molecule has 1 rings (SSSR count). The zero-order valence-corrected chi connectivity index (χ0v) is 7.18. The van der Waals surface area contributed by atoms with Crippen molar-refractivity contribution in [3.8, 4) is 0 Å². The molecule has 1 aromatic heterocycles. The summed E-state index contributed by atoms with van der Waals surface area (Å²) in [7, 11) is 3.08. The molecule has 0 bridgehead atoms. The van der Waals surface area contributed by atoms with Crippen LogP contribution in [0.2, 0.25) is 0 Å². The Hall–Kier alpha value is -1.85. The molecule has 70 valence electrons. The van der Waals surface area contributed by atoms with Crippen molar-refractivity contribution in [1.29, 1.82) is 0 Å². The lowest BCUT2D eigenvalue weighted by Gasteiger charge is -2.05. The Kier molecular flexibility index (Phi) is 2.32. The van der Waals surface area contributed by atoms with Crippen molar-refractivity contribution in [2.75, 3.05) is 14.1 Å². The number of hydrogen-bond acceptors (Lipinski definition) is 4. The fourth-order valence-electron chi connectivity index (χ4n) is 0.761. The van der Waals surface area contributed by atoms with Gasteiger partial charge in [0.1, 0.15) is 4.92 Å². The van der Waals surface area contributed by atoms with Gasteiger partial charge in [-0.3, -0.25) is 14.9 Å². The molecule has 0 aliphatic carbocycles.